The Balaban J connectivity index is 2.33. The molecule has 6 nitrogen and oxygen atoms in total. The van der Waals surface area contributed by atoms with E-state index in [2.05, 4.69) is 22.0 Å². The van der Waals surface area contributed by atoms with Crippen LogP contribution in [-0.4, -0.2) is 28.0 Å². The molecule has 1 aromatic carbocycles. The Morgan fingerprint density at radius 3 is 2.81 bits per heavy atom. The minimum absolute atomic E-state index is 0.0439. The number of esters is 1. The summed E-state index contributed by atoms with van der Waals surface area (Å²) in [4.78, 5) is 11.7. The highest BCUT2D eigenvalue weighted by molar-refractivity contribution is 5.98. The van der Waals surface area contributed by atoms with Gasteiger partial charge in [0.15, 0.2) is 0 Å². The number of carbonyl (C=O) groups is 1. The lowest BCUT2D eigenvalue weighted by atomic mass is 10.1. The first-order valence-electron chi connectivity index (χ1n) is 6.12. The van der Waals surface area contributed by atoms with E-state index in [0.29, 0.717) is 11.4 Å². The average molecular weight is 280 g/mol. The Morgan fingerprint density at radius 2 is 2.14 bits per heavy atom. The number of aromatic nitrogens is 3. The van der Waals surface area contributed by atoms with Crippen LogP contribution in [0.3, 0.4) is 0 Å². The summed E-state index contributed by atoms with van der Waals surface area (Å²) >= 11 is 0. The van der Waals surface area contributed by atoms with Gasteiger partial charge in [-0.3, -0.25) is 0 Å². The van der Waals surface area contributed by atoms with Crippen LogP contribution >= 0.6 is 0 Å². The van der Waals surface area contributed by atoms with Gasteiger partial charge in [-0.05, 0) is 6.08 Å². The fourth-order valence-corrected chi connectivity index (χ4v) is 1.63. The molecule has 0 saturated carbocycles. The molecular formula is C15H12N4O2. The largest absolute Gasteiger partial charge is 0.457 e. The number of ether oxygens (including phenoxy) is 1. The monoisotopic (exact) mass is 280 g/mol. The molecule has 2 aromatic rings. The predicted molar refractivity (Wildman–Crippen MR) is 76.6 cm³/mol. The van der Waals surface area contributed by atoms with E-state index in [1.54, 1.807) is 6.07 Å². The highest BCUT2D eigenvalue weighted by Gasteiger charge is 2.14. The summed E-state index contributed by atoms with van der Waals surface area (Å²) in [6.07, 6.45) is 2.77. The van der Waals surface area contributed by atoms with Crippen molar-refractivity contribution in [1.82, 2.24) is 15.4 Å². The van der Waals surface area contributed by atoms with Gasteiger partial charge in [0.1, 0.15) is 29.6 Å². The van der Waals surface area contributed by atoms with Crippen LogP contribution in [0.1, 0.15) is 5.69 Å². The van der Waals surface area contributed by atoms with Crippen LogP contribution in [0.4, 0.5) is 0 Å². The lowest BCUT2D eigenvalue weighted by Gasteiger charge is -2.00. The Morgan fingerprint density at radius 1 is 1.38 bits per heavy atom. The fourth-order valence-electron chi connectivity index (χ4n) is 1.63. The molecule has 0 aliphatic rings. The molecule has 21 heavy (non-hydrogen) atoms. The molecule has 0 saturated heterocycles. The lowest BCUT2D eigenvalue weighted by molar-refractivity contribution is -0.137. The van der Waals surface area contributed by atoms with Gasteiger partial charge in [0, 0.05) is 5.56 Å². The molecule has 1 N–H and O–H groups in total. The van der Waals surface area contributed by atoms with Gasteiger partial charge >= 0.3 is 5.97 Å². The van der Waals surface area contributed by atoms with Gasteiger partial charge < -0.3 is 4.74 Å². The third kappa shape index (κ3) is 3.42. The van der Waals surface area contributed by atoms with E-state index < -0.39 is 5.97 Å². The zero-order valence-electron chi connectivity index (χ0n) is 11.1. The van der Waals surface area contributed by atoms with Crippen LogP contribution < -0.4 is 0 Å². The van der Waals surface area contributed by atoms with Crippen LogP contribution in [0.25, 0.3) is 17.3 Å². The number of nitrogens with one attached hydrogen (secondary N) is 1. The minimum atomic E-state index is -0.723. The third-order valence-corrected chi connectivity index (χ3v) is 2.58. The normalized spacial score (nSPS) is 10.7. The topological polar surface area (TPSA) is 91.7 Å². The Labute approximate surface area is 121 Å². The molecular weight excluding hydrogens is 268 g/mol. The van der Waals surface area contributed by atoms with Crippen molar-refractivity contribution in [3.63, 3.8) is 0 Å². The molecule has 0 aliphatic heterocycles. The number of nitrogens with zero attached hydrogens (tertiary/aromatic N) is 3. The molecule has 0 aliphatic carbocycles. The maximum absolute atomic E-state index is 11.7. The third-order valence-electron chi connectivity index (χ3n) is 2.58. The van der Waals surface area contributed by atoms with Crippen molar-refractivity contribution in [2.45, 2.75) is 0 Å². The molecule has 0 unspecified atom stereocenters. The van der Waals surface area contributed by atoms with Gasteiger partial charge in [0.25, 0.3) is 0 Å². The summed E-state index contributed by atoms with van der Waals surface area (Å²) in [5.41, 5.74) is 1.63. The van der Waals surface area contributed by atoms with Gasteiger partial charge in [-0.25, -0.2) is 4.79 Å². The summed E-state index contributed by atoms with van der Waals surface area (Å²) in [6, 6.07) is 11.1. The number of carbonyl (C=O) groups excluding carboxylic acids is 1. The number of rotatable bonds is 5. The van der Waals surface area contributed by atoms with Crippen LogP contribution in [-0.2, 0) is 9.53 Å². The van der Waals surface area contributed by atoms with Crippen molar-refractivity contribution < 1.29 is 9.53 Å². The SMILES string of the molecule is C=CCOC(=O)/C(C#N)=C/c1n[nH]nc1-c1ccccc1. The summed E-state index contributed by atoms with van der Waals surface area (Å²) < 4.78 is 4.83. The fraction of sp³-hybridized carbons (Fsp3) is 0.0667. The Hall–Kier alpha value is -3.20. The van der Waals surface area contributed by atoms with E-state index >= 15 is 0 Å². The molecule has 0 amide bonds. The molecule has 0 spiro atoms. The highest BCUT2D eigenvalue weighted by atomic mass is 16.5. The maximum atomic E-state index is 11.7. The molecule has 1 heterocycles. The first kappa shape index (κ1) is 14.2. The first-order valence-corrected chi connectivity index (χ1v) is 6.12. The smallest absolute Gasteiger partial charge is 0.349 e. The van der Waals surface area contributed by atoms with E-state index in [0.717, 1.165) is 5.56 Å². The van der Waals surface area contributed by atoms with Gasteiger partial charge in [-0.2, -0.15) is 20.7 Å². The Bertz CT molecular complexity index is 711. The molecule has 1 aromatic heterocycles. The summed E-state index contributed by atoms with van der Waals surface area (Å²) in [7, 11) is 0. The molecule has 104 valence electrons. The van der Waals surface area contributed by atoms with Crippen molar-refractivity contribution in [1.29, 1.82) is 5.26 Å². The predicted octanol–water partition coefficient (Wildman–Crippen LogP) is 2.11. The van der Waals surface area contributed by atoms with Crippen molar-refractivity contribution >= 4 is 12.0 Å². The number of hydrogen-bond acceptors (Lipinski definition) is 5. The average Bonchev–Trinajstić information content (AvgIpc) is 2.99. The standard InChI is InChI=1S/C15H12N4O2/c1-2-8-21-15(20)12(10-16)9-13-14(18-19-17-13)11-6-4-3-5-7-11/h2-7,9H,1,8H2,(H,17,18,19)/b12-9+. The zero-order chi connectivity index (χ0) is 15.1. The van der Waals surface area contributed by atoms with Crippen LogP contribution in [0.5, 0.6) is 0 Å². The van der Waals surface area contributed by atoms with E-state index in [9.17, 15) is 4.79 Å². The molecule has 2 rings (SSSR count). The summed E-state index contributed by atoms with van der Waals surface area (Å²) in [5.74, 6) is -0.723. The van der Waals surface area contributed by atoms with Crippen LogP contribution in [0.15, 0.2) is 48.6 Å². The number of H-pyrrole nitrogens is 1. The minimum Gasteiger partial charge on any atom is -0.457 e. The zero-order valence-corrected chi connectivity index (χ0v) is 11.1. The lowest BCUT2D eigenvalue weighted by Crippen LogP contribution is -2.06. The summed E-state index contributed by atoms with van der Waals surface area (Å²) in [6.45, 7) is 3.48. The quantitative estimate of drug-likeness (QED) is 0.392. The second kappa shape index (κ2) is 6.82. The van der Waals surface area contributed by atoms with Crippen molar-refractivity contribution in [3.05, 3.63) is 54.3 Å². The van der Waals surface area contributed by atoms with Crippen molar-refractivity contribution in [3.8, 4) is 17.3 Å². The van der Waals surface area contributed by atoms with E-state index in [-0.39, 0.29) is 12.2 Å². The number of hydrogen-bond donors (Lipinski definition) is 1. The number of nitriles is 1. The number of aromatic amines is 1. The van der Waals surface area contributed by atoms with Gasteiger partial charge in [0.05, 0.1) is 0 Å². The molecule has 6 heteroatoms. The molecule has 0 fully saturated rings. The van der Waals surface area contributed by atoms with E-state index in [1.165, 1.54) is 12.2 Å². The second-order valence-corrected chi connectivity index (χ2v) is 3.98. The van der Waals surface area contributed by atoms with Crippen LogP contribution in [0, 0.1) is 11.3 Å². The Kier molecular flexibility index (Phi) is 4.62. The number of benzene rings is 1. The molecule has 0 bridgehead atoms. The van der Waals surface area contributed by atoms with Gasteiger partial charge in [0.2, 0.25) is 0 Å². The highest BCUT2D eigenvalue weighted by Crippen LogP contribution is 2.21. The first-order chi connectivity index (χ1) is 10.3. The summed E-state index contributed by atoms with van der Waals surface area (Å²) in [5, 5.41) is 19.5. The van der Waals surface area contributed by atoms with E-state index in [4.69, 9.17) is 10.00 Å². The van der Waals surface area contributed by atoms with Crippen molar-refractivity contribution in [2.24, 2.45) is 0 Å². The maximum Gasteiger partial charge on any atom is 0.349 e. The second-order valence-electron chi connectivity index (χ2n) is 3.98. The van der Waals surface area contributed by atoms with Gasteiger partial charge in [-0.1, -0.05) is 43.0 Å². The van der Waals surface area contributed by atoms with Crippen LogP contribution in [0.2, 0.25) is 0 Å². The molecule has 0 radical (unpaired) electrons. The van der Waals surface area contributed by atoms with E-state index in [1.807, 2.05) is 30.3 Å². The van der Waals surface area contributed by atoms with Gasteiger partial charge in [-0.15, -0.1) is 0 Å². The molecule has 0 atom stereocenters. The van der Waals surface area contributed by atoms with Crippen molar-refractivity contribution in [2.75, 3.05) is 6.61 Å².